The molecule has 2 unspecified atom stereocenters. The van der Waals surface area contributed by atoms with Crippen LogP contribution in [0.2, 0.25) is 0 Å². The molecule has 2 rings (SSSR count). The van der Waals surface area contributed by atoms with Crippen molar-refractivity contribution in [1.29, 1.82) is 0 Å². The van der Waals surface area contributed by atoms with E-state index in [0.29, 0.717) is 0 Å². The SMILES string of the molecule is CCC(C(=O)O)N(C(=O)C(F)(F)F)C(Oc1ccccc1)(Sc1ccccc1)P(=O)(O)O. The summed E-state index contributed by atoms with van der Waals surface area (Å²) in [5.41, 5.74) is 0. The number of carbonyl (C=O) groups is 2. The van der Waals surface area contributed by atoms with Gasteiger partial charge in [0.2, 0.25) is 0 Å². The van der Waals surface area contributed by atoms with Gasteiger partial charge in [0.05, 0.1) is 0 Å². The van der Waals surface area contributed by atoms with E-state index in [1.165, 1.54) is 54.6 Å². The van der Waals surface area contributed by atoms with Gasteiger partial charge in [0.15, 0.2) is 0 Å². The molecule has 0 saturated carbocycles. The van der Waals surface area contributed by atoms with Crippen LogP contribution in [0.4, 0.5) is 13.2 Å². The molecule has 0 aliphatic rings. The molecule has 8 nitrogen and oxygen atoms in total. The average Bonchev–Trinajstić information content (AvgIpc) is 2.70. The largest absolute Gasteiger partial charge is 0.480 e. The molecule has 0 fully saturated rings. The molecule has 0 bridgehead atoms. The zero-order valence-electron chi connectivity index (χ0n) is 16.5. The lowest BCUT2D eigenvalue weighted by Crippen LogP contribution is -2.62. The quantitative estimate of drug-likeness (QED) is 0.273. The van der Waals surface area contributed by atoms with Gasteiger partial charge >= 0.3 is 30.4 Å². The predicted molar refractivity (Wildman–Crippen MR) is 109 cm³/mol. The van der Waals surface area contributed by atoms with E-state index in [0.717, 1.165) is 6.92 Å². The molecule has 0 spiro atoms. The zero-order valence-corrected chi connectivity index (χ0v) is 18.2. The lowest BCUT2D eigenvalue weighted by Gasteiger charge is -2.44. The summed E-state index contributed by atoms with van der Waals surface area (Å²) in [5, 5.41) is 9.54. The van der Waals surface area contributed by atoms with Crippen LogP contribution in [0.1, 0.15) is 13.3 Å². The molecule has 2 atom stereocenters. The summed E-state index contributed by atoms with van der Waals surface area (Å²) in [6, 6.07) is 11.5. The number of benzene rings is 2. The molecule has 0 aliphatic heterocycles. The summed E-state index contributed by atoms with van der Waals surface area (Å²) < 4.78 is 58.9. The Morgan fingerprint density at radius 3 is 1.97 bits per heavy atom. The highest BCUT2D eigenvalue weighted by Gasteiger charge is 2.64. The molecular weight excluding hydrogens is 474 g/mol. The van der Waals surface area contributed by atoms with Crippen molar-refractivity contribution in [2.24, 2.45) is 0 Å². The number of rotatable bonds is 9. The van der Waals surface area contributed by atoms with Gasteiger partial charge in [-0.2, -0.15) is 13.2 Å². The summed E-state index contributed by atoms with van der Waals surface area (Å²) in [7, 11) is -5.84. The molecule has 0 radical (unpaired) electrons. The minimum atomic E-state index is -5.84. The fraction of sp³-hybridized carbons (Fsp3) is 0.263. The lowest BCUT2D eigenvalue weighted by atomic mass is 10.2. The lowest BCUT2D eigenvalue weighted by molar-refractivity contribution is -0.198. The molecule has 3 N–H and O–H groups in total. The van der Waals surface area contributed by atoms with Crippen LogP contribution in [0.3, 0.4) is 0 Å². The van der Waals surface area contributed by atoms with Gasteiger partial charge < -0.3 is 19.6 Å². The Labute approximate surface area is 185 Å². The van der Waals surface area contributed by atoms with E-state index in [2.05, 4.69) is 0 Å². The Morgan fingerprint density at radius 1 is 1.06 bits per heavy atom. The Balaban J connectivity index is 2.87. The minimum absolute atomic E-state index is 0.0203. The Hall–Kier alpha value is -2.53. The van der Waals surface area contributed by atoms with E-state index < -0.39 is 47.8 Å². The van der Waals surface area contributed by atoms with Gasteiger partial charge in [-0.15, -0.1) is 0 Å². The van der Waals surface area contributed by atoms with E-state index >= 15 is 0 Å². The first kappa shape index (κ1) is 25.7. The number of hydrogen-bond acceptors (Lipinski definition) is 5. The van der Waals surface area contributed by atoms with E-state index in [-0.39, 0.29) is 22.4 Å². The maximum Gasteiger partial charge on any atom is 0.471 e. The van der Waals surface area contributed by atoms with Crippen molar-refractivity contribution in [3.63, 3.8) is 0 Å². The van der Waals surface area contributed by atoms with Crippen LogP contribution < -0.4 is 4.74 Å². The monoisotopic (exact) mass is 493 g/mol. The first-order chi connectivity index (χ1) is 14.8. The minimum Gasteiger partial charge on any atom is -0.480 e. The van der Waals surface area contributed by atoms with Crippen molar-refractivity contribution in [2.45, 2.75) is 35.3 Å². The average molecular weight is 493 g/mol. The van der Waals surface area contributed by atoms with Crippen molar-refractivity contribution < 1.29 is 47.0 Å². The number of carbonyl (C=O) groups excluding carboxylic acids is 1. The number of hydrogen-bond donors (Lipinski definition) is 3. The molecule has 32 heavy (non-hydrogen) atoms. The second-order valence-corrected chi connectivity index (χ2v) is 9.58. The zero-order chi connectivity index (χ0) is 24.2. The number of alkyl halides is 3. The van der Waals surface area contributed by atoms with E-state index in [1.807, 2.05) is 0 Å². The van der Waals surface area contributed by atoms with Crippen molar-refractivity contribution >= 4 is 31.2 Å². The number of thioether (sulfide) groups is 1. The molecule has 0 aromatic heterocycles. The van der Waals surface area contributed by atoms with E-state index in [4.69, 9.17) is 4.74 Å². The van der Waals surface area contributed by atoms with Crippen molar-refractivity contribution in [2.75, 3.05) is 0 Å². The maximum atomic E-state index is 13.6. The first-order valence-electron chi connectivity index (χ1n) is 9.00. The van der Waals surface area contributed by atoms with Gasteiger partial charge in [-0.25, -0.2) is 4.79 Å². The fourth-order valence-electron chi connectivity index (χ4n) is 2.73. The third-order valence-electron chi connectivity index (χ3n) is 4.11. The summed E-state index contributed by atoms with van der Waals surface area (Å²) in [6.07, 6.45) is -6.24. The first-order valence-corrected chi connectivity index (χ1v) is 11.4. The summed E-state index contributed by atoms with van der Waals surface area (Å²) in [4.78, 5) is 41.0. The summed E-state index contributed by atoms with van der Waals surface area (Å²) in [5.74, 6) is -4.96. The van der Waals surface area contributed by atoms with Crippen LogP contribution in [0.5, 0.6) is 5.75 Å². The molecule has 0 saturated heterocycles. The number of carboxylic acids is 1. The van der Waals surface area contributed by atoms with Crippen molar-refractivity contribution in [1.82, 2.24) is 4.90 Å². The molecule has 2 aromatic rings. The van der Waals surface area contributed by atoms with Crippen LogP contribution in [0.15, 0.2) is 65.6 Å². The van der Waals surface area contributed by atoms with E-state index in [1.54, 1.807) is 6.07 Å². The van der Waals surface area contributed by atoms with Gasteiger partial charge in [0.25, 0.3) is 0 Å². The highest BCUT2D eigenvalue weighted by molar-refractivity contribution is 8.06. The number of para-hydroxylation sites is 1. The highest BCUT2D eigenvalue weighted by Crippen LogP contribution is 2.62. The van der Waals surface area contributed by atoms with Crippen LogP contribution in [-0.2, 0) is 14.2 Å². The number of ether oxygens (including phenoxy) is 1. The highest BCUT2D eigenvalue weighted by atomic mass is 32.2. The van der Waals surface area contributed by atoms with Crippen LogP contribution in [0, 0.1) is 0 Å². The number of amides is 1. The molecule has 0 aliphatic carbocycles. The Kier molecular flexibility index (Phi) is 8.00. The predicted octanol–water partition coefficient (Wildman–Crippen LogP) is 3.90. The second kappa shape index (κ2) is 9.95. The molecule has 2 aromatic carbocycles. The number of carboxylic acid groups (broad SMARTS) is 1. The van der Waals surface area contributed by atoms with E-state index in [9.17, 15) is 42.2 Å². The molecule has 174 valence electrons. The Morgan fingerprint density at radius 2 is 1.56 bits per heavy atom. The smallest absolute Gasteiger partial charge is 0.471 e. The molecular formula is C19H19F3NO7PS. The van der Waals surface area contributed by atoms with Crippen molar-refractivity contribution in [3.8, 4) is 5.75 Å². The van der Waals surface area contributed by atoms with Crippen LogP contribution in [0.25, 0.3) is 0 Å². The van der Waals surface area contributed by atoms with Crippen molar-refractivity contribution in [3.05, 3.63) is 60.7 Å². The molecule has 1 amide bonds. The van der Waals surface area contributed by atoms with Gasteiger partial charge in [0.1, 0.15) is 11.8 Å². The number of aliphatic carboxylic acids is 1. The fourth-order valence-corrected chi connectivity index (χ4v) is 5.31. The summed E-state index contributed by atoms with van der Waals surface area (Å²) >= 11 is 0.108. The normalized spacial score (nSPS) is 14.8. The third kappa shape index (κ3) is 5.63. The molecule has 13 heteroatoms. The second-order valence-electron chi connectivity index (χ2n) is 6.36. The third-order valence-corrected chi connectivity index (χ3v) is 7.19. The Bertz CT molecular complexity index is 944. The van der Waals surface area contributed by atoms with Gasteiger partial charge in [-0.05, 0) is 42.4 Å². The standard InChI is InChI=1S/C19H19F3NO7PS/c1-2-15(16(24)25)23(17(26)18(20,21)22)19(31(27,28)29,30-13-9-5-3-6-10-13)32-14-11-7-4-8-12-14/h3-12,15H,2H2,1H3,(H,24,25)(H2,27,28,29). The van der Waals surface area contributed by atoms with Gasteiger partial charge in [-0.1, -0.05) is 43.3 Å². The topological polar surface area (TPSA) is 124 Å². The van der Waals surface area contributed by atoms with Gasteiger partial charge in [-0.3, -0.25) is 14.3 Å². The van der Waals surface area contributed by atoms with Crippen LogP contribution >= 0.6 is 19.4 Å². The number of halogens is 3. The maximum absolute atomic E-state index is 13.6. The van der Waals surface area contributed by atoms with Crippen LogP contribution in [-0.4, -0.2) is 48.7 Å². The summed E-state index contributed by atoms with van der Waals surface area (Å²) in [6.45, 7) is 1.16. The molecule has 0 heterocycles. The van der Waals surface area contributed by atoms with Gasteiger partial charge in [0, 0.05) is 4.90 Å². The number of nitrogens with zero attached hydrogens (tertiary/aromatic N) is 1.